The van der Waals surface area contributed by atoms with E-state index in [1.54, 1.807) is 18.3 Å². The Bertz CT molecular complexity index is 627. The number of aliphatic hydroxyl groups is 1. The maximum absolute atomic E-state index is 9.75. The lowest BCUT2D eigenvalue weighted by molar-refractivity contribution is 0.304. The summed E-state index contributed by atoms with van der Waals surface area (Å²) in [6.45, 7) is 0.715. The van der Waals surface area contributed by atoms with Gasteiger partial charge in [-0.25, -0.2) is 0 Å². The highest BCUT2D eigenvalue weighted by Crippen LogP contribution is 2.22. The molecule has 4 nitrogen and oxygen atoms in total. The zero-order valence-electron chi connectivity index (χ0n) is 11.7. The molecule has 0 amide bonds. The standard InChI is InChI=1S/C16H17BrN2O2/c1-19(8-9-20)15-5-3-14(4-6-15)18-11-12-10-13(17)2-7-16(12)21/h2-7,10-11,20-21H,8-9H2,1H3. The summed E-state index contributed by atoms with van der Waals surface area (Å²) in [4.78, 5) is 6.32. The summed E-state index contributed by atoms with van der Waals surface area (Å²) in [5.41, 5.74) is 2.48. The van der Waals surface area contributed by atoms with Gasteiger partial charge < -0.3 is 15.1 Å². The van der Waals surface area contributed by atoms with E-state index < -0.39 is 0 Å². The van der Waals surface area contributed by atoms with E-state index in [2.05, 4.69) is 20.9 Å². The van der Waals surface area contributed by atoms with Gasteiger partial charge >= 0.3 is 0 Å². The smallest absolute Gasteiger partial charge is 0.124 e. The second-order valence-corrected chi connectivity index (χ2v) is 5.54. The molecular weight excluding hydrogens is 332 g/mol. The number of aromatic hydroxyl groups is 1. The number of rotatable bonds is 5. The highest BCUT2D eigenvalue weighted by Gasteiger charge is 2.01. The molecule has 0 aliphatic rings. The lowest BCUT2D eigenvalue weighted by Crippen LogP contribution is -2.20. The van der Waals surface area contributed by atoms with Crippen molar-refractivity contribution < 1.29 is 10.2 Å². The Labute approximate surface area is 132 Å². The van der Waals surface area contributed by atoms with Gasteiger partial charge in [-0.2, -0.15) is 0 Å². The molecule has 21 heavy (non-hydrogen) atoms. The van der Waals surface area contributed by atoms with Crippen molar-refractivity contribution >= 4 is 33.5 Å². The van der Waals surface area contributed by atoms with Gasteiger partial charge in [0, 0.05) is 35.5 Å². The van der Waals surface area contributed by atoms with Crippen molar-refractivity contribution in [2.45, 2.75) is 0 Å². The van der Waals surface area contributed by atoms with E-state index in [-0.39, 0.29) is 12.4 Å². The summed E-state index contributed by atoms with van der Waals surface area (Å²) < 4.78 is 0.891. The molecule has 0 fully saturated rings. The van der Waals surface area contributed by atoms with Crippen molar-refractivity contribution in [1.82, 2.24) is 0 Å². The molecule has 0 aliphatic carbocycles. The monoisotopic (exact) mass is 348 g/mol. The first-order valence-corrected chi connectivity index (χ1v) is 7.34. The van der Waals surface area contributed by atoms with E-state index in [0.29, 0.717) is 12.1 Å². The van der Waals surface area contributed by atoms with Crippen molar-refractivity contribution in [3.63, 3.8) is 0 Å². The van der Waals surface area contributed by atoms with E-state index >= 15 is 0 Å². The number of anilines is 1. The Balaban J connectivity index is 2.13. The quantitative estimate of drug-likeness (QED) is 0.814. The third-order valence-corrected chi connectivity index (χ3v) is 3.56. The van der Waals surface area contributed by atoms with Crippen LogP contribution in [-0.4, -0.2) is 36.6 Å². The topological polar surface area (TPSA) is 56.1 Å². The van der Waals surface area contributed by atoms with Gasteiger partial charge in [0.2, 0.25) is 0 Å². The Kier molecular flexibility index (Phi) is 5.36. The third-order valence-electron chi connectivity index (χ3n) is 3.07. The summed E-state index contributed by atoms with van der Waals surface area (Å²) in [6, 6.07) is 12.9. The van der Waals surface area contributed by atoms with Crippen LogP contribution in [0.1, 0.15) is 5.56 Å². The van der Waals surface area contributed by atoms with E-state index in [9.17, 15) is 5.11 Å². The summed E-state index contributed by atoms with van der Waals surface area (Å²) in [5, 5.41) is 18.7. The van der Waals surface area contributed by atoms with Crippen molar-refractivity contribution in [1.29, 1.82) is 0 Å². The van der Waals surface area contributed by atoms with Crippen LogP contribution in [0.3, 0.4) is 0 Å². The van der Waals surface area contributed by atoms with Crippen LogP contribution in [0.5, 0.6) is 5.75 Å². The zero-order valence-corrected chi connectivity index (χ0v) is 13.3. The molecule has 0 saturated heterocycles. The molecule has 2 aromatic carbocycles. The van der Waals surface area contributed by atoms with Crippen LogP contribution < -0.4 is 4.90 Å². The molecule has 0 aliphatic heterocycles. The minimum Gasteiger partial charge on any atom is -0.507 e. The average Bonchev–Trinajstić information content (AvgIpc) is 2.49. The molecule has 110 valence electrons. The molecule has 0 aromatic heterocycles. The summed E-state index contributed by atoms with van der Waals surface area (Å²) in [5.74, 6) is 0.196. The molecule has 0 spiro atoms. The molecule has 0 saturated carbocycles. The zero-order chi connectivity index (χ0) is 15.2. The van der Waals surface area contributed by atoms with Crippen LogP contribution in [0, 0.1) is 0 Å². The summed E-state index contributed by atoms with van der Waals surface area (Å²) in [6.07, 6.45) is 1.63. The second-order valence-electron chi connectivity index (χ2n) is 4.62. The first-order valence-electron chi connectivity index (χ1n) is 6.55. The number of likely N-dealkylation sites (N-methyl/N-ethyl adjacent to an activating group) is 1. The van der Waals surface area contributed by atoms with Gasteiger partial charge in [-0.1, -0.05) is 15.9 Å². The second kappa shape index (κ2) is 7.24. The molecule has 0 radical (unpaired) electrons. The van der Waals surface area contributed by atoms with Gasteiger partial charge in [0.25, 0.3) is 0 Å². The van der Waals surface area contributed by atoms with E-state index in [0.717, 1.165) is 15.8 Å². The summed E-state index contributed by atoms with van der Waals surface area (Å²) in [7, 11) is 1.92. The van der Waals surface area contributed by atoms with E-state index in [1.165, 1.54) is 0 Å². The predicted octanol–water partition coefficient (Wildman–Crippen LogP) is 3.33. The van der Waals surface area contributed by atoms with Crippen LogP contribution in [0.4, 0.5) is 11.4 Å². The lowest BCUT2D eigenvalue weighted by Gasteiger charge is -2.17. The molecular formula is C16H17BrN2O2. The number of hydrogen-bond acceptors (Lipinski definition) is 4. The fraction of sp³-hybridized carbons (Fsp3) is 0.188. The predicted molar refractivity (Wildman–Crippen MR) is 89.9 cm³/mol. The minimum atomic E-state index is 0.124. The van der Waals surface area contributed by atoms with Gasteiger partial charge in [-0.05, 0) is 42.5 Å². The summed E-state index contributed by atoms with van der Waals surface area (Å²) >= 11 is 3.36. The number of phenolic OH excluding ortho intramolecular Hbond substituents is 1. The highest BCUT2D eigenvalue weighted by atomic mass is 79.9. The van der Waals surface area contributed by atoms with Gasteiger partial charge in [0.05, 0.1) is 12.3 Å². The van der Waals surface area contributed by atoms with Gasteiger partial charge in [-0.15, -0.1) is 0 Å². The third kappa shape index (κ3) is 4.31. The molecule has 0 heterocycles. The normalized spacial score (nSPS) is 11.0. The van der Waals surface area contributed by atoms with Crippen LogP contribution >= 0.6 is 15.9 Å². The Hall–Kier alpha value is -1.85. The molecule has 0 atom stereocenters. The number of benzene rings is 2. The van der Waals surface area contributed by atoms with Gasteiger partial charge in [0.1, 0.15) is 5.75 Å². The van der Waals surface area contributed by atoms with Crippen LogP contribution in [0.25, 0.3) is 0 Å². The number of phenols is 1. The van der Waals surface area contributed by atoms with Crippen molar-refractivity contribution in [3.8, 4) is 5.75 Å². The molecule has 0 unspecified atom stereocenters. The van der Waals surface area contributed by atoms with Crippen molar-refractivity contribution in [3.05, 3.63) is 52.5 Å². The number of halogens is 1. The van der Waals surface area contributed by atoms with E-state index in [4.69, 9.17) is 5.11 Å². The molecule has 5 heteroatoms. The molecule has 2 aromatic rings. The number of hydrogen-bond donors (Lipinski definition) is 2. The molecule has 2 N–H and O–H groups in total. The van der Waals surface area contributed by atoms with Crippen LogP contribution in [0.2, 0.25) is 0 Å². The molecule has 0 bridgehead atoms. The Morgan fingerprint density at radius 3 is 2.57 bits per heavy atom. The fourth-order valence-electron chi connectivity index (χ4n) is 1.85. The maximum Gasteiger partial charge on any atom is 0.124 e. The van der Waals surface area contributed by atoms with Crippen LogP contribution in [0.15, 0.2) is 51.9 Å². The average molecular weight is 349 g/mol. The lowest BCUT2D eigenvalue weighted by atomic mass is 10.2. The fourth-order valence-corrected chi connectivity index (χ4v) is 2.22. The Morgan fingerprint density at radius 1 is 1.19 bits per heavy atom. The van der Waals surface area contributed by atoms with Crippen molar-refractivity contribution in [2.24, 2.45) is 4.99 Å². The highest BCUT2D eigenvalue weighted by molar-refractivity contribution is 9.10. The Morgan fingerprint density at radius 2 is 1.90 bits per heavy atom. The first kappa shape index (κ1) is 15.5. The van der Waals surface area contributed by atoms with Crippen LogP contribution in [-0.2, 0) is 0 Å². The largest absolute Gasteiger partial charge is 0.507 e. The van der Waals surface area contributed by atoms with Gasteiger partial charge in [0.15, 0.2) is 0 Å². The number of aliphatic imine (C=N–C) groups is 1. The molecule has 2 rings (SSSR count). The van der Waals surface area contributed by atoms with Gasteiger partial charge in [-0.3, -0.25) is 4.99 Å². The SMILES string of the molecule is CN(CCO)c1ccc(N=Cc2cc(Br)ccc2O)cc1. The first-order chi connectivity index (χ1) is 10.1. The maximum atomic E-state index is 9.75. The van der Waals surface area contributed by atoms with Crippen molar-refractivity contribution in [2.75, 3.05) is 25.1 Å². The van der Waals surface area contributed by atoms with E-state index in [1.807, 2.05) is 42.3 Å². The number of nitrogens with zero attached hydrogens (tertiary/aromatic N) is 2. The number of aliphatic hydroxyl groups excluding tert-OH is 1. The minimum absolute atomic E-state index is 0.124.